The Morgan fingerprint density at radius 1 is 1.08 bits per heavy atom. The van der Waals surface area contributed by atoms with Crippen molar-refractivity contribution in [2.45, 2.75) is 59.0 Å². The van der Waals surface area contributed by atoms with Crippen molar-refractivity contribution in [2.75, 3.05) is 0 Å². The molecule has 2 atom stereocenters. The number of rotatable bonds is 4. The van der Waals surface area contributed by atoms with Crippen LogP contribution in [0.5, 0.6) is 0 Å². The molecule has 0 amide bonds. The summed E-state index contributed by atoms with van der Waals surface area (Å²) in [5, 5.41) is 0. The van der Waals surface area contributed by atoms with Gasteiger partial charge in [-0.15, -0.1) is 0 Å². The minimum absolute atomic E-state index is 0.0874. The Bertz CT molecular complexity index is 783. The second kappa shape index (κ2) is 6.67. The number of fused-ring (bicyclic) bond motifs is 3. The van der Waals surface area contributed by atoms with Gasteiger partial charge in [-0.2, -0.15) is 0 Å². The molecular formula is C23H28O2. The largest absolute Gasteiger partial charge is 0.460 e. The fraction of sp³-hybridized carbons (Fsp3) is 0.435. The number of ether oxygens (including phenoxy) is 1. The smallest absolute Gasteiger partial charge is 0.310 e. The van der Waals surface area contributed by atoms with E-state index in [-0.39, 0.29) is 17.8 Å². The molecule has 2 nitrogen and oxygen atoms in total. The van der Waals surface area contributed by atoms with E-state index in [9.17, 15) is 4.79 Å². The highest BCUT2D eigenvalue weighted by molar-refractivity contribution is 5.79. The molecule has 0 spiro atoms. The molecule has 0 N–H and O–H groups in total. The van der Waals surface area contributed by atoms with Gasteiger partial charge in [-0.05, 0) is 67.3 Å². The topological polar surface area (TPSA) is 26.3 Å². The van der Waals surface area contributed by atoms with E-state index in [1.54, 1.807) is 0 Å². The van der Waals surface area contributed by atoms with E-state index in [0.717, 1.165) is 12.8 Å². The molecule has 0 fully saturated rings. The Morgan fingerprint density at radius 2 is 1.76 bits per heavy atom. The Balaban J connectivity index is 1.93. The average molecular weight is 336 g/mol. The molecule has 25 heavy (non-hydrogen) atoms. The number of carbonyl (C=O) groups is 1. The fourth-order valence-corrected chi connectivity index (χ4v) is 3.93. The SMILES string of the molecule is CCC(C(=O)OC(C)(C)C)C(C)c1cccc2c1Cc1ccccc1-2. The molecule has 2 aromatic rings. The number of hydrogen-bond donors (Lipinski definition) is 0. The van der Waals surface area contributed by atoms with Crippen LogP contribution < -0.4 is 0 Å². The van der Waals surface area contributed by atoms with E-state index in [1.165, 1.54) is 27.8 Å². The first-order chi connectivity index (χ1) is 11.8. The van der Waals surface area contributed by atoms with Gasteiger partial charge in [-0.1, -0.05) is 56.3 Å². The molecule has 0 saturated carbocycles. The van der Waals surface area contributed by atoms with Crippen LogP contribution in [0.15, 0.2) is 42.5 Å². The molecule has 0 heterocycles. The summed E-state index contributed by atoms with van der Waals surface area (Å²) in [5.74, 6) is -0.0610. The number of benzene rings is 2. The van der Waals surface area contributed by atoms with Gasteiger partial charge >= 0.3 is 5.97 Å². The van der Waals surface area contributed by atoms with E-state index in [0.29, 0.717) is 0 Å². The van der Waals surface area contributed by atoms with Crippen LogP contribution in [-0.2, 0) is 16.0 Å². The van der Waals surface area contributed by atoms with Crippen molar-refractivity contribution in [1.29, 1.82) is 0 Å². The van der Waals surface area contributed by atoms with E-state index in [2.05, 4.69) is 56.3 Å². The van der Waals surface area contributed by atoms with E-state index < -0.39 is 5.60 Å². The van der Waals surface area contributed by atoms with Gasteiger partial charge in [0.25, 0.3) is 0 Å². The second-order valence-corrected chi connectivity index (χ2v) is 8.04. The van der Waals surface area contributed by atoms with Crippen LogP contribution in [0.4, 0.5) is 0 Å². The van der Waals surface area contributed by atoms with Crippen LogP contribution in [0.3, 0.4) is 0 Å². The molecule has 1 aliphatic carbocycles. The number of carbonyl (C=O) groups excluding carboxylic acids is 1. The first kappa shape index (κ1) is 17.7. The predicted molar refractivity (Wildman–Crippen MR) is 103 cm³/mol. The van der Waals surface area contributed by atoms with Gasteiger partial charge in [0.15, 0.2) is 0 Å². The standard InChI is InChI=1S/C23H28O2/c1-6-17(22(24)25-23(3,4)5)15(2)18-12-9-13-20-19-11-8-7-10-16(19)14-21(18)20/h7-13,15,17H,6,14H2,1-5H3. The van der Waals surface area contributed by atoms with Crippen molar-refractivity contribution >= 4 is 5.97 Å². The van der Waals surface area contributed by atoms with E-state index in [1.807, 2.05) is 20.8 Å². The maximum Gasteiger partial charge on any atom is 0.310 e. The third kappa shape index (κ3) is 3.49. The van der Waals surface area contributed by atoms with Crippen molar-refractivity contribution in [3.05, 3.63) is 59.2 Å². The van der Waals surface area contributed by atoms with Crippen LogP contribution in [0, 0.1) is 5.92 Å². The highest BCUT2D eigenvalue weighted by Crippen LogP contribution is 2.42. The molecule has 0 radical (unpaired) electrons. The summed E-state index contributed by atoms with van der Waals surface area (Å²) in [5.41, 5.74) is 6.24. The van der Waals surface area contributed by atoms with Gasteiger partial charge in [0.1, 0.15) is 5.60 Å². The first-order valence-corrected chi connectivity index (χ1v) is 9.24. The lowest BCUT2D eigenvalue weighted by Gasteiger charge is -2.28. The van der Waals surface area contributed by atoms with Crippen LogP contribution in [0.2, 0.25) is 0 Å². The van der Waals surface area contributed by atoms with Gasteiger partial charge in [0.2, 0.25) is 0 Å². The summed E-state index contributed by atoms with van der Waals surface area (Å²) in [7, 11) is 0. The van der Waals surface area contributed by atoms with Gasteiger partial charge in [0, 0.05) is 0 Å². The Kier molecular flexibility index (Phi) is 4.73. The van der Waals surface area contributed by atoms with Crippen LogP contribution in [0.25, 0.3) is 11.1 Å². The molecule has 0 aliphatic heterocycles. The molecule has 132 valence electrons. The molecule has 1 aliphatic rings. The maximum atomic E-state index is 12.7. The number of esters is 1. The third-order valence-electron chi connectivity index (χ3n) is 5.13. The summed E-state index contributed by atoms with van der Waals surface area (Å²) in [6.07, 6.45) is 1.74. The highest BCUT2D eigenvalue weighted by atomic mass is 16.6. The lowest BCUT2D eigenvalue weighted by molar-refractivity contribution is -0.160. The molecule has 3 rings (SSSR count). The zero-order chi connectivity index (χ0) is 18.2. The van der Waals surface area contributed by atoms with Gasteiger partial charge in [-0.25, -0.2) is 0 Å². The highest BCUT2D eigenvalue weighted by Gasteiger charge is 2.32. The first-order valence-electron chi connectivity index (χ1n) is 9.24. The lowest BCUT2D eigenvalue weighted by Crippen LogP contribution is -2.31. The summed E-state index contributed by atoms with van der Waals surface area (Å²) in [4.78, 5) is 12.7. The Hall–Kier alpha value is -2.09. The monoisotopic (exact) mass is 336 g/mol. The summed E-state index contributed by atoms with van der Waals surface area (Å²) in [6, 6.07) is 15.1. The van der Waals surface area contributed by atoms with Gasteiger partial charge < -0.3 is 4.74 Å². The van der Waals surface area contributed by atoms with Crippen LogP contribution in [-0.4, -0.2) is 11.6 Å². The minimum atomic E-state index is -0.445. The Labute approximate surface area is 151 Å². The van der Waals surface area contributed by atoms with Gasteiger partial charge in [-0.3, -0.25) is 4.79 Å². The lowest BCUT2D eigenvalue weighted by atomic mass is 9.82. The molecular weight excluding hydrogens is 308 g/mol. The molecule has 2 heteroatoms. The van der Waals surface area contributed by atoms with Crippen LogP contribution in [0.1, 0.15) is 63.6 Å². The summed E-state index contributed by atoms with van der Waals surface area (Å²) < 4.78 is 5.68. The summed E-state index contributed by atoms with van der Waals surface area (Å²) >= 11 is 0. The molecule has 2 aromatic carbocycles. The van der Waals surface area contributed by atoms with Crippen molar-refractivity contribution in [3.8, 4) is 11.1 Å². The average Bonchev–Trinajstić information content (AvgIpc) is 2.92. The quantitative estimate of drug-likeness (QED) is 0.569. The van der Waals surface area contributed by atoms with Crippen LogP contribution >= 0.6 is 0 Å². The van der Waals surface area contributed by atoms with Crippen molar-refractivity contribution in [3.63, 3.8) is 0 Å². The van der Waals surface area contributed by atoms with Gasteiger partial charge in [0.05, 0.1) is 5.92 Å². The molecule has 0 aromatic heterocycles. The minimum Gasteiger partial charge on any atom is -0.460 e. The zero-order valence-corrected chi connectivity index (χ0v) is 15.9. The summed E-state index contributed by atoms with van der Waals surface area (Å²) in [6.45, 7) is 10.0. The molecule has 2 unspecified atom stereocenters. The van der Waals surface area contributed by atoms with Crippen molar-refractivity contribution < 1.29 is 9.53 Å². The molecule has 0 bridgehead atoms. The zero-order valence-electron chi connectivity index (χ0n) is 15.9. The fourth-order valence-electron chi connectivity index (χ4n) is 3.93. The van der Waals surface area contributed by atoms with Crippen molar-refractivity contribution in [2.24, 2.45) is 5.92 Å². The number of hydrogen-bond acceptors (Lipinski definition) is 2. The van der Waals surface area contributed by atoms with Crippen molar-refractivity contribution in [1.82, 2.24) is 0 Å². The predicted octanol–water partition coefficient (Wildman–Crippen LogP) is 5.73. The normalized spacial score (nSPS) is 15.2. The molecule has 0 saturated heterocycles. The second-order valence-electron chi connectivity index (χ2n) is 8.04. The maximum absolute atomic E-state index is 12.7. The van der Waals surface area contributed by atoms with E-state index in [4.69, 9.17) is 4.74 Å². The Morgan fingerprint density at radius 3 is 2.44 bits per heavy atom. The van der Waals surface area contributed by atoms with E-state index >= 15 is 0 Å². The third-order valence-corrected chi connectivity index (χ3v) is 5.13.